The summed E-state index contributed by atoms with van der Waals surface area (Å²) in [5.74, 6) is 0.890. The monoisotopic (exact) mass is 349 g/mol. The second kappa shape index (κ2) is 17.9. The number of benzene rings is 1. The van der Waals surface area contributed by atoms with Gasteiger partial charge >= 0.3 is 0 Å². The highest BCUT2D eigenvalue weighted by Gasteiger charge is 1.97. The fraction of sp³-hybridized carbons (Fsp3) is 0.739. The van der Waals surface area contributed by atoms with E-state index in [2.05, 4.69) is 49.5 Å². The Balaban J connectivity index is 0.00000576. The molecule has 0 amide bonds. The molecule has 0 heterocycles. The molecule has 0 atom stereocenters. The normalized spacial score (nSPS) is 10.8. The van der Waals surface area contributed by atoms with Gasteiger partial charge in [-0.3, -0.25) is 0 Å². The Morgan fingerprint density at radius 1 is 0.680 bits per heavy atom. The van der Waals surface area contributed by atoms with Crippen molar-refractivity contribution in [1.82, 2.24) is 0 Å². The summed E-state index contributed by atoms with van der Waals surface area (Å²) in [6.45, 7) is 7.09. The number of quaternary nitrogens is 1. The topological polar surface area (TPSA) is 46.6 Å². The van der Waals surface area contributed by atoms with Crippen molar-refractivity contribution >= 4 is 0 Å². The van der Waals surface area contributed by atoms with E-state index in [0.29, 0.717) is 0 Å². The number of rotatable bonds is 16. The summed E-state index contributed by atoms with van der Waals surface area (Å²) in [7, 11) is 0. The third-order valence-corrected chi connectivity index (χ3v) is 4.91. The molecule has 0 aliphatic carbocycles. The summed E-state index contributed by atoms with van der Waals surface area (Å²) in [5.41, 5.74) is 1.45. The Hall–Kier alpha value is -0.860. The van der Waals surface area contributed by atoms with Gasteiger partial charge in [0, 0.05) is 5.56 Å². The second-order valence-corrected chi connectivity index (χ2v) is 7.84. The maximum absolute atomic E-state index is 2.45. The van der Waals surface area contributed by atoms with Crippen LogP contribution in [0.1, 0.15) is 96.5 Å². The largest absolute Gasteiger partial charge is 0.870 e. The maximum atomic E-state index is 2.45. The molecule has 146 valence electrons. The van der Waals surface area contributed by atoms with Crippen molar-refractivity contribution in [3.63, 3.8) is 0 Å². The van der Waals surface area contributed by atoms with Crippen LogP contribution < -0.4 is 5.32 Å². The van der Waals surface area contributed by atoms with Gasteiger partial charge in [-0.15, -0.1) is 0 Å². The highest BCUT2D eigenvalue weighted by molar-refractivity contribution is 5.12. The van der Waals surface area contributed by atoms with Gasteiger partial charge in [-0.25, -0.2) is 0 Å². The van der Waals surface area contributed by atoms with Gasteiger partial charge in [0.1, 0.15) is 6.54 Å². The molecule has 1 aromatic carbocycles. The summed E-state index contributed by atoms with van der Waals surface area (Å²) in [6, 6.07) is 10.8. The summed E-state index contributed by atoms with van der Waals surface area (Å²) in [6.07, 6.45) is 17.3. The van der Waals surface area contributed by atoms with E-state index >= 15 is 0 Å². The highest BCUT2D eigenvalue weighted by Crippen LogP contribution is 2.13. The summed E-state index contributed by atoms with van der Waals surface area (Å²) in [5, 5.41) is 2.45. The molecular weight excluding hydrogens is 306 g/mol. The zero-order chi connectivity index (χ0) is 17.3. The fourth-order valence-corrected chi connectivity index (χ4v) is 3.32. The molecule has 0 bridgehead atoms. The smallest absolute Gasteiger partial charge is 0.101 e. The van der Waals surface area contributed by atoms with Gasteiger partial charge < -0.3 is 10.8 Å². The quantitative estimate of drug-likeness (QED) is 0.370. The molecule has 0 fully saturated rings. The predicted molar refractivity (Wildman–Crippen MR) is 109 cm³/mol. The van der Waals surface area contributed by atoms with E-state index < -0.39 is 0 Å². The van der Waals surface area contributed by atoms with E-state index in [1.807, 2.05) is 0 Å². The van der Waals surface area contributed by atoms with Crippen molar-refractivity contribution in [3.05, 3.63) is 35.9 Å². The minimum Gasteiger partial charge on any atom is -0.870 e. The minimum absolute atomic E-state index is 0. The van der Waals surface area contributed by atoms with Crippen molar-refractivity contribution < 1.29 is 10.8 Å². The van der Waals surface area contributed by atoms with Crippen molar-refractivity contribution in [2.75, 3.05) is 6.54 Å². The van der Waals surface area contributed by atoms with Gasteiger partial charge in [0.15, 0.2) is 0 Å². The van der Waals surface area contributed by atoms with Crippen LogP contribution in [0.15, 0.2) is 30.3 Å². The number of hydrogen-bond donors (Lipinski definition) is 1. The second-order valence-electron chi connectivity index (χ2n) is 7.84. The average molecular weight is 350 g/mol. The van der Waals surface area contributed by atoms with Gasteiger partial charge in [-0.05, 0) is 18.8 Å². The average Bonchev–Trinajstić information content (AvgIpc) is 2.59. The molecule has 2 nitrogen and oxygen atoms in total. The predicted octanol–water partition coefficient (Wildman–Crippen LogP) is 5.91. The van der Waals surface area contributed by atoms with Crippen LogP contribution in [0.2, 0.25) is 0 Å². The molecule has 3 N–H and O–H groups in total. The molecule has 0 aliphatic rings. The van der Waals surface area contributed by atoms with Gasteiger partial charge in [-0.2, -0.15) is 0 Å². The van der Waals surface area contributed by atoms with Crippen LogP contribution in [0.5, 0.6) is 0 Å². The molecule has 0 saturated carbocycles. The van der Waals surface area contributed by atoms with Crippen LogP contribution in [-0.4, -0.2) is 12.0 Å². The zero-order valence-electron chi connectivity index (χ0n) is 16.9. The molecule has 0 radical (unpaired) electrons. The lowest BCUT2D eigenvalue weighted by Crippen LogP contribution is -2.82. The molecule has 0 aromatic heterocycles. The highest BCUT2D eigenvalue weighted by atomic mass is 16.0. The third kappa shape index (κ3) is 16.4. The van der Waals surface area contributed by atoms with E-state index in [9.17, 15) is 0 Å². The van der Waals surface area contributed by atoms with Gasteiger partial charge in [0.25, 0.3) is 0 Å². The maximum Gasteiger partial charge on any atom is 0.101 e. The molecule has 0 aliphatic heterocycles. The first-order valence-corrected chi connectivity index (χ1v) is 10.6. The standard InChI is InChI=1S/C23H41N.H2O/c1-22(2)17-13-10-8-6-4-3-5-7-9-11-16-20-24-21-23-18-14-12-15-19-23;/h12,14-15,18-19,22,24H,3-11,13,16-17,20-21H2,1-2H3;1H2. The Labute approximate surface area is 157 Å². The molecule has 2 heteroatoms. The van der Waals surface area contributed by atoms with Crippen LogP contribution in [0.3, 0.4) is 0 Å². The van der Waals surface area contributed by atoms with Gasteiger partial charge in [-0.1, -0.05) is 108 Å². The Morgan fingerprint density at radius 2 is 1.16 bits per heavy atom. The van der Waals surface area contributed by atoms with Crippen LogP contribution in [0, 0.1) is 5.92 Å². The molecule has 0 unspecified atom stereocenters. The van der Waals surface area contributed by atoms with Crippen LogP contribution in [-0.2, 0) is 6.54 Å². The molecule has 0 saturated heterocycles. The van der Waals surface area contributed by atoms with Crippen molar-refractivity contribution in [3.8, 4) is 0 Å². The molecule has 25 heavy (non-hydrogen) atoms. The molecule has 0 spiro atoms. The minimum atomic E-state index is 0. The van der Waals surface area contributed by atoms with Gasteiger partial charge in [0.05, 0.1) is 6.54 Å². The van der Waals surface area contributed by atoms with Crippen LogP contribution in [0.25, 0.3) is 0 Å². The lowest BCUT2D eigenvalue weighted by atomic mass is 10.0. The van der Waals surface area contributed by atoms with Crippen molar-refractivity contribution in [2.24, 2.45) is 5.92 Å². The lowest BCUT2D eigenvalue weighted by molar-refractivity contribution is -0.671. The first-order chi connectivity index (χ1) is 11.8. The zero-order valence-corrected chi connectivity index (χ0v) is 16.9. The Morgan fingerprint density at radius 3 is 1.68 bits per heavy atom. The number of nitrogens with two attached hydrogens (primary N) is 1. The van der Waals surface area contributed by atoms with Crippen LogP contribution >= 0.6 is 0 Å². The summed E-state index contributed by atoms with van der Waals surface area (Å²) in [4.78, 5) is 0. The summed E-state index contributed by atoms with van der Waals surface area (Å²) < 4.78 is 0. The molecule has 1 aromatic rings. The Bertz CT molecular complexity index is 364. The lowest BCUT2D eigenvalue weighted by Gasteiger charge is -2.05. The number of hydrogen-bond acceptors (Lipinski definition) is 1. The SMILES string of the molecule is CC(C)CCCCCCCCCCCCC[NH2+]Cc1ccccc1.[OH-]. The van der Waals surface area contributed by atoms with Gasteiger partial charge in [0.2, 0.25) is 0 Å². The first-order valence-electron chi connectivity index (χ1n) is 10.6. The first kappa shape index (κ1) is 24.1. The molecule has 1 rings (SSSR count). The summed E-state index contributed by atoms with van der Waals surface area (Å²) >= 11 is 0. The van der Waals surface area contributed by atoms with Crippen LogP contribution in [0.4, 0.5) is 0 Å². The van der Waals surface area contributed by atoms with E-state index in [4.69, 9.17) is 0 Å². The van der Waals surface area contributed by atoms with E-state index in [0.717, 1.165) is 12.5 Å². The van der Waals surface area contributed by atoms with Crippen molar-refractivity contribution in [1.29, 1.82) is 0 Å². The number of unbranched alkanes of at least 4 members (excludes halogenated alkanes) is 10. The molecular formula is C23H43NO. The van der Waals surface area contributed by atoms with E-state index in [-0.39, 0.29) is 5.48 Å². The third-order valence-electron chi connectivity index (χ3n) is 4.91. The fourth-order valence-electron chi connectivity index (χ4n) is 3.32. The van der Waals surface area contributed by atoms with Crippen molar-refractivity contribution in [2.45, 2.75) is 97.4 Å². The van der Waals surface area contributed by atoms with E-state index in [1.54, 1.807) is 0 Å². The Kier molecular flexibility index (Phi) is 17.3. The van der Waals surface area contributed by atoms with E-state index in [1.165, 1.54) is 89.2 Å².